The van der Waals surface area contributed by atoms with E-state index in [-0.39, 0.29) is 11.9 Å². The van der Waals surface area contributed by atoms with Gasteiger partial charge in [-0.05, 0) is 48.9 Å². The molecule has 3 aromatic rings. The molecule has 1 aliphatic rings. The zero-order valence-corrected chi connectivity index (χ0v) is 17.4. The Balaban J connectivity index is 1.50. The van der Waals surface area contributed by atoms with E-state index in [0.717, 1.165) is 41.6 Å². The summed E-state index contributed by atoms with van der Waals surface area (Å²) < 4.78 is 7.61. The Morgan fingerprint density at radius 2 is 2.21 bits per heavy atom. The summed E-state index contributed by atoms with van der Waals surface area (Å²) >= 11 is 0. The Morgan fingerprint density at radius 1 is 1.38 bits per heavy atom. The van der Waals surface area contributed by atoms with Gasteiger partial charge < -0.3 is 15.1 Å². The molecule has 2 aromatic heterocycles. The number of aryl methyl sites for hydroxylation is 1. The van der Waals surface area contributed by atoms with E-state index in [9.17, 15) is 4.79 Å². The lowest BCUT2D eigenvalue weighted by Crippen LogP contribution is -2.41. The van der Waals surface area contributed by atoms with E-state index in [2.05, 4.69) is 43.2 Å². The van der Waals surface area contributed by atoms with Crippen molar-refractivity contribution >= 4 is 16.9 Å². The molecule has 1 amide bonds. The highest BCUT2D eigenvalue weighted by atomic mass is 16.3. The molecule has 0 aliphatic carbocycles. The first kappa shape index (κ1) is 19.6. The molecule has 1 aromatic carbocycles. The first-order valence-corrected chi connectivity index (χ1v) is 10.4. The summed E-state index contributed by atoms with van der Waals surface area (Å²) in [6, 6.07) is 4.41. The molecule has 154 valence electrons. The SMILES string of the molecule is Cc1cc2occ(CC(=O)N3CCCC(n4cc(CN)nn4)C3)c2cc1C(C)C. The second-order valence-corrected chi connectivity index (χ2v) is 8.33. The monoisotopic (exact) mass is 395 g/mol. The van der Waals surface area contributed by atoms with Crippen LogP contribution in [0, 0.1) is 6.92 Å². The van der Waals surface area contributed by atoms with Crippen LogP contribution in [-0.4, -0.2) is 38.9 Å². The molecule has 29 heavy (non-hydrogen) atoms. The first-order chi connectivity index (χ1) is 14.0. The fourth-order valence-electron chi connectivity index (χ4n) is 4.26. The van der Waals surface area contributed by atoms with Gasteiger partial charge in [0.05, 0.1) is 30.6 Å². The van der Waals surface area contributed by atoms with Crippen LogP contribution in [0.5, 0.6) is 0 Å². The van der Waals surface area contributed by atoms with Crippen molar-refractivity contribution in [3.05, 3.63) is 47.0 Å². The number of rotatable bonds is 5. The van der Waals surface area contributed by atoms with Crippen molar-refractivity contribution in [3.8, 4) is 0 Å². The molecule has 0 radical (unpaired) electrons. The summed E-state index contributed by atoms with van der Waals surface area (Å²) in [6.07, 6.45) is 5.92. The van der Waals surface area contributed by atoms with Crippen molar-refractivity contribution in [2.45, 2.75) is 58.5 Å². The molecule has 0 bridgehead atoms. The lowest BCUT2D eigenvalue weighted by molar-refractivity contribution is -0.132. The average molecular weight is 396 g/mol. The van der Waals surface area contributed by atoms with Crippen molar-refractivity contribution in [1.82, 2.24) is 19.9 Å². The molecule has 1 saturated heterocycles. The van der Waals surface area contributed by atoms with Crippen LogP contribution in [0.25, 0.3) is 11.0 Å². The molecule has 3 heterocycles. The number of piperidine rings is 1. The largest absolute Gasteiger partial charge is 0.464 e. The molecule has 1 unspecified atom stereocenters. The van der Waals surface area contributed by atoms with Crippen LogP contribution in [0.1, 0.15) is 61.0 Å². The summed E-state index contributed by atoms with van der Waals surface area (Å²) in [5, 5.41) is 9.31. The van der Waals surface area contributed by atoms with Gasteiger partial charge >= 0.3 is 0 Å². The van der Waals surface area contributed by atoms with Crippen LogP contribution in [0.15, 0.2) is 29.0 Å². The maximum Gasteiger partial charge on any atom is 0.227 e. The van der Waals surface area contributed by atoms with Gasteiger partial charge in [-0.3, -0.25) is 4.79 Å². The van der Waals surface area contributed by atoms with E-state index in [1.165, 1.54) is 11.1 Å². The predicted octanol–water partition coefficient (Wildman–Crippen LogP) is 3.32. The second kappa shape index (κ2) is 7.99. The Labute approximate surface area is 170 Å². The standard InChI is InChI=1S/C22H29N5O2/c1-14(2)19-9-20-16(13-29-21(20)7-15(19)3)8-22(28)26-6-4-5-18(12-26)27-11-17(10-23)24-25-27/h7,9,11,13-14,18H,4-6,8,10,12,23H2,1-3H3. The van der Waals surface area contributed by atoms with Crippen molar-refractivity contribution in [1.29, 1.82) is 0 Å². The van der Waals surface area contributed by atoms with E-state index in [4.69, 9.17) is 10.2 Å². The summed E-state index contributed by atoms with van der Waals surface area (Å²) in [7, 11) is 0. The molecule has 7 nitrogen and oxygen atoms in total. The highest BCUT2D eigenvalue weighted by Crippen LogP contribution is 2.30. The molecule has 7 heteroatoms. The van der Waals surface area contributed by atoms with E-state index in [0.29, 0.717) is 25.4 Å². The van der Waals surface area contributed by atoms with Gasteiger partial charge in [0.15, 0.2) is 0 Å². The third-order valence-corrected chi connectivity index (χ3v) is 5.90. The van der Waals surface area contributed by atoms with E-state index in [1.54, 1.807) is 6.26 Å². The van der Waals surface area contributed by atoms with Crippen molar-refractivity contribution in [2.75, 3.05) is 13.1 Å². The average Bonchev–Trinajstić information content (AvgIpc) is 3.34. The minimum absolute atomic E-state index is 0.128. The number of nitrogens with two attached hydrogens (primary N) is 1. The molecule has 0 saturated carbocycles. The van der Waals surface area contributed by atoms with Gasteiger partial charge in [0.25, 0.3) is 0 Å². The van der Waals surface area contributed by atoms with Gasteiger partial charge in [0, 0.05) is 30.6 Å². The third-order valence-electron chi connectivity index (χ3n) is 5.90. The molecule has 1 fully saturated rings. The Bertz CT molecular complexity index is 1020. The van der Waals surface area contributed by atoms with Crippen molar-refractivity contribution in [3.63, 3.8) is 0 Å². The van der Waals surface area contributed by atoms with Gasteiger partial charge in [-0.2, -0.15) is 0 Å². The fraction of sp³-hybridized carbons (Fsp3) is 0.500. The number of hydrogen-bond donors (Lipinski definition) is 1. The molecule has 4 rings (SSSR count). The van der Waals surface area contributed by atoms with Gasteiger partial charge in [0.2, 0.25) is 5.91 Å². The fourth-order valence-corrected chi connectivity index (χ4v) is 4.26. The molecule has 1 aliphatic heterocycles. The highest BCUT2D eigenvalue weighted by molar-refractivity contribution is 5.88. The summed E-state index contributed by atoms with van der Waals surface area (Å²) in [4.78, 5) is 15.0. The van der Waals surface area contributed by atoms with Gasteiger partial charge in [0.1, 0.15) is 5.58 Å². The Morgan fingerprint density at radius 3 is 2.93 bits per heavy atom. The highest BCUT2D eigenvalue weighted by Gasteiger charge is 2.26. The molecule has 0 spiro atoms. The predicted molar refractivity (Wildman–Crippen MR) is 112 cm³/mol. The maximum atomic E-state index is 13.1. The molecular formula is C22H29N5O2. The minimum Gasteiger partial charge on any atom is -0.464 e. The summed E-state index contributed by atoms with van der Waals surface area (Å²) in [5.41, 5.74) is 10.7. The summed E-state index contributed by atoms with van der Waals surface area (Å²) in [5.74, 6) is 0.560. The van der Waals surface area contributed by atoms with Gasteiger partial charge in [-0.15, -0.1) is 5.10 Å². The second-order valence-electron chi connectivity index (χ2n) is 8.33. The van der Waals surface area contributed by atoms with Crippen LogP contribution in [0.3, 0.4) is 0 Å². The zero-order valence-electron chi connectivity index (χ0n) is 17.4. The number of hydrogen-bond acceptors (Lipinski definition) is 5. The quantitative estimate of drug-likeness (QED) is 0.716. The number of amides is 1. The lowest BCUT2D eigenvalue weighted by atomic mass is 9.95. The molecule has 2 N–H and O–H groups in total. The molecule has 1 atom stereocenters. The smallest absolute Gasteiger partial charge is 0.227 e. The number of aromatic nitrogens is 3. The number of benzene rings is 1. The Hall–Kier alpha value is -2.67. The topological polar surface area (TPSA) is 90.2 Å². The van der Waals surface area contributed by atoms with E-state index in [1.807, 2.05) is 15.8 Å². The maximum absolute atomic E-state index is 13.1. The minimum atomic E-state index is 0.128. The number of fused-ring (bicyclic) bond motifs is 1. The van der Waals surface area contributed by atoms with Crippen LogP contribution < -0.4 is 5.73 Å². The number of carbonyl (C=O) groups excluding carboxylic acids is 1. The van der Waals surface area contributed by atoms with Gasteiger partial charge in [-0.25, -0.2) is 4.68 Å². The number of likely N-dealkylation sites (tertiary alicyclic amines) is 1. The van der Waals surface area contributed by atoms with Crippen LogP contribution in [0.4, 0.5) is 0 Å². The van der Waals surface area contributed by atoms with Crippen LogP contribution >= 0.6 is 0 Å². The van der Waals surface area contributed by atoms with Crippen molar-refractivity contribution in [2.24, 2.45) is 5.73 Å². The van der Waals surface area contributed by atoms with Crippen molar-refractivity contribution < 1.29 is 9.21 Å². The normalized spacial score (nSPS) is 17.4. The number of furan rings is 1. The summed E-state index contributed by atoms with van der Waals surface area (Å²) in [6.45, 7) is 8.29. The Kier molecular flexibility index (Phi) is 5.41. The first-order valence-electron chi connectivity index (χ1n) is 10.4. The van der Waals surface area contributed by atoms with Gasteiger partial charge in [-0.1, -0.05) is 19.1 Å². The number of carbonyl (C=O) groups is 1. The van der Waals surface area contributed by atoms with E-state index < -0.39 is 0 Å². The van der Waals surface area contributed by atoms with Crippen LogP contribution in [0.2, 0.25) is 0 Å². The van der Waals surface area contributed by atoms with E-state index >= 15 is 0 Å². The lowest BCUT2D eigenvalue weighted by Gasteiger charge is -2.32. The third kappa shape index (κ3) is 3.92. The molecular weight excluding hydrogens is 366 g/mol. The number of nitrogens with zero attached hydrogens (tertiary/aromatic N) is 4. The van der Waals surface area contributed by atoms with Crippen LogP contribution in [-0.2, 0) is 17.8 Å². The zero-order chi connectivity index (χ0) is 20.5.